The summed E-state index contributed by atoms with van der Waals surface area (Å²) in [6.45, 7) is 3.74. The van der Waals surface area contributed by atoms with Gasteiger partial charge >= 0.3 is 0 Å². The molecule has 0 amide bonds. The summed E-state index contributed by atoms with van der Waals surface area (Å²) < 4.78 is 32.1. The second-order valence-corrected chi connectivity index (χ2v) is 5.20. The Morgan fingerprint density at radius 1 is 1.08 bits per heavy atom. The zero-order valence-corrected chi connectivity index (χ0v) is 13.5. The van der Waals surface area contributed by atoms with E-state index in [4.69, 9.17) is 4.74 Å². The number of hydrogen-bond donors (Lipinski definition) is 1. The van der Waals surface area contributed by atoms with Crippen molar-refractivity contribution in [1.82, 2.24) is 15.0 Å². The minimum absolute atomic E-state index is 0.233. The molecular formula is C18H15F2N4O. The number of methoxy groups -OCH3 is 1. The van der Waals surface area contributed by atoms with Crippen molar-refractivity contribution in [2.75, 3.05) is 12.4 Å². The van der Waals surface area contributed by atoms with Crippen molar-refractivity contribution < 1.29 is 13.5 Å². The van der Waals surface area contributed by atoms with E-state index in [9.17, 15) is 8.78 Å². The molecule has 127 valence electrons. The van der Waals surface area contributed by atoms with Crippen LogP contribution in [0.4, 0.5) is 20.4 Å². The van der Waals surface area contributed by atoms with Gasteiger partial charge in [-0.05, 0) is 49.2 Å². The summed E-state index contributed by atoms with van der Waals surface area (Å²) in [7, 11) is 1.44. The van der Waals surface area contributed by atoms with Gasteiger partial charge in [0.05, 0.1) is 12.7 Å². The van der Waals surface area contributed by atoms with Crippen LogP contribution in [0.3, 0.4) is 0 Å². The van der Waals surface area contributed by atoms with Crippen LogP contribution in [0.1, 0.15) is 5.56 Å². The van der Waals surface area contributed by atoms with Gasteiger partial charge in [0, 0.05) is 11.8 Å². The molecule has 0 fully saturated rings. The third-order valence-corrected chi connectivity index (χ3v) is 3.48. The minimum atomic E-state index is -0.423. The highest BCUT2D eigenvalue weighted by molar-refractivity contribution is 5.65. The summed E-state index contributed by atoms with van der Waals surface area (Å²) in [5, 5.41) is 2.93. The first-order valence-electron chi connectivity index (χ1n) is 7.47. The maximum Gasteiger partial charge on any atom is 0.230 e. The number of nitrogens with zero attached hydrogens (tertiary/aromatic N) is 3. The van der Waals surface area contributed by atoms with Gasteiger partial charge in [0.15, 0.2) is 5.82 Å². The first-order chi connectivity index (χ1) is 12.1. The van der Waals surface area contributed by atoms with Crippen molar-refractivity contribution >= 4 is 11.6 Å². The lowest BCUT2D eigenvalue weighted by Crippen LogP contribution is -2.02. The van der Waals surface area contributed by atoms with Gasteiger partial charge in [-0.2, -0.15) is 4.98 Å². The fourth-order valence-corrected chi connectivity index (χ4v) is 2.33. The molecule has 3 aromatic rings. The molecule has 1 N–H and O–H groups in total. The van der Waals surface area contributed by atoms with Crippen molar-refractivity contribution in [3.8, 4) is 17.1 Å². The van der Waals surface area contributed by atoms with Crippen LogP contribution < -0.4 is 10.1 Å². The smallest absolute Gasteiger partial charge is 0.230 e. The summed E-state index contributed by atoms with van der Waals surface area (Å²) >= 11 is 0. The average Bonchev–Trinajstić information content (AvgIpc) is 2.61. The molecule has 1 radical (unpaired) electrons. The fraction of sp³-hybridized carbons (Fsp3) is 0.111. The third kappa shape index (κ3) is 3.88. The van der Waals surface area contributed by atoms with E-state index in [1.54, 1.807) is 6.07 Å². The van der Waals surface area contributed by atoms with E-state index in [1.807, 2.05) is 0 Å². The van der Waals surface area contributed by atoms with E-state index < -0.39 is 5.82 Å². The van der Waals surface area contributed by atoms with Crippen molar-refractivity contribution in [1.29, 1.82) is 0 Å². The van der Waals surface area contributed by atoms with Gasteiger partial charge in [0.25, 0.3) is 0 Å². The van der Waals surface area contributed by atoms with Gasteiger partial charge in [-0.15, -0.1) is 0 Å². The molecule has 0 spiro atoms. The van der Waals surface area contributed by atoms with E-state index in [0.717, 1.165) is 5.56 Å². The summed E-state index contributed by atoms with van der Waals surface area (Å²) in [4.78, 5) is 12.4. The number of hydrogen-bond acceptors (Lipinski definition) is 5. The van der Waals surface area contributed by atoms with Crippen LogP contribution >= 0.6 is 0 Å². The first-order valence-corrected chi connectivity index (χ1v) is 7.47. The Hall–Kier alpha value is -3.09. The van der Waals surface area contributed by atoms with Crippen molar-refractivity contribution in [2.24, 2.45) is 0 Å². The summed E-state index contributed by atoms with van der Waals surface area (Å²) in [6.07, 6.45) is 1.77. The quantitative estimate of drug-likeness (QED) is 0.761. The highest BCUT2D eigenvalue weighted by atomic mass is 19.1. The van der Waals surface area contributed by atoms with E-state index >= 15 is 0 Å². The highest BCUT2D eigenvalue weighted by Gasteiger charge is 2.11. The van der Waals surface area contributed by atoms with E-state index in [-0.39, 0.29) is 11.8 Å². The van der Waals surface area contributed by atoms with E-state index in [0.29, 0.717) is 29.2 Å². The van der Waals surface area contributed by atoms with Crippen LogP contribution in [0.25, 0.3) is 11.4 Å². The largest absolute Gasteiger partial charge is 0.496 e. The normalized spacial score (nSPS) is 10.6. The summed E-state index contributed by atoms with van der Waals surface area (Å²) in [6, 6.07) is 8.58. The molecule has 0 aliphatic rings. The predicted octanol–water partition coefficient (Wildman–Crippen LogP) is 3.95. The lowest BCUT2D eigenvalue weighted by atomic mass is 10.1. The number of anilines is 2. The molecule has 3 rings (SSSR count). The monoisotopic (exact) mass is 341 g/mol. The first kappa shape index (κ1) is 16.8. The number of ether oxygens (including phenoxy) is 1. The van der Waals surface area contributed by atoms with Gasteiger partial charge < -0.3 is 10.1 Å². The SMILES string of the molecule is [CH2]Cc1cc(F)cc(Nc2ncnc(-c3ccc(F)cc3OC)n2)c1. The van der Waals surface area contributed by atoms with Gasteiger partial charge in [-0.25, -0.2) is 18.7 Å². The average molecular weight is 341 g/mol. The molecule has 2 aromatic carbocycles. The van der Waals surface area contributed by atoms with Crippen LogP contribution in [0.2, 0.25) is 0 Å². The second kappa shape index (κ2) is 7.21. The Morgan fingerprint density at radius 3 is 2.68 bits per heavy atom. The molecule has 0 atom stereocenters. The molecular weight excluding hydrogens is 326 g/mol. The predicted molar refractivity (Wildman–Crippen MR) is 90.5 cm³/mol. The van der Waals surface area contributed by atoms with Crippen LogP contribution in [0.15, 0.2) is 42.7 Å². The van der Waals surface area contributed by atoms with Gasteiger partial charge in [0.2, 0.25) is 5.95 Å². The zero-order valence-electron chi connectivity index (χ0n) is 13.5. The molecule has 0 saturated carbocycles. The number of aromatic nitrogens is 3. The molecule has 7 heteroatoms. The highest BCUT2D eigenvalue weighted by Crippen LogP contribution is 2.28. The molecule has 0 saturated heterocycles. The number of halogens is 2. The Labute approximate surface area is 143 Å². The van der Waals surface area contributed by atoms with Gasteiger partial charge in [-0.3, -0.25) is 0 Å². The Balaban J connectivity index is 1.94. The molecule has 0 aliphatic carbocycles. The molecule has 25 heavy (non-hydrogen) atoms. The number of nitrogens with one attached hydrogen (secondary N) is 1. The van der Waals surface area contributed by atoms with E-state index in [2.05, 4.69) is 27.2 Å². The third-order valence-electron chi connectivity index (χ3n) is 3.48. The van der Waals surface area contributed by atoms with Crippen LogP contribution in [0.5, 0.6) is 5.75 Å². The fourth-order valence-electron chi connectivity index (χ4n) is 2.33. The molecule has 1 heterocycles. The zero-order chi connectivity index (χ0) is 17.8. The topological polar surface area (TPSA) is 59.9 Å². The van der Waals surface area contributed by atoms with Crippen LogP contribution in [0, 0.1) is 18.6 Å². The minimum Gasteiger partial charge on any atom is -0.496 e. The summed E-state index contributed by atoms with van der Waals surface area (Å²) in [5.41, 5.74) is 1.77. The van der Waals surface area contributed by atoms with Crippen molar-refractivity contribution in [3.63, 3.8) is 0 Å². The molecule has 5 nitrogen and oxygen atoms in total. The number of rotatable bonds is 5. The maximum absolute atomic E-state index is 13.6. The van der Waals surface area contributed by atoms with E-state index in [1.165, 1.54) is 43.8 Å². The molecule has 0 unspecified atom stereocenters. The molecule has 0 bridgehead atoms. The summed E-state index contributed by atoms with van der Waals surface area (Å²) in [5.74, 6) is 0.0500. The van der Waals surface area contributed by atoms with Crippen molar-refractivity contribution in [3.05, 3.63) is 66.8 Å². The standard InChI is InChI=1S/C18H15F2N4O/c1-3-11-6-13(20)8-14(7-11)23-18-22-10-21-17(24-18)15-5-4-12(19)9-16(15)25-2/h4-10H,1,3H2,2H3,(H,21,22,23,24). The van der Waals surface area contributed by atoms with Gasteiger partial charge in [0.1, 0.15) is 23.7 Å². The maximum atomic E-state index is 13.6. The number of benzene rings is 2. The molecule has 0 aliphatic heterocycles. The van der Waals surface area contributed by atoms with Crippen LogP contribution in [-0.2, 0) is 6.42 Å². The second-order valence-electron chi connectivity index (χ2n) is 5.20. The Morgan fingerprint density at radius 2 is 1.92 bits per heavy atom. The Bertz CT molecular complexity index is 902. The molecule has 1 aromatic heterocycles. The van der Waals surface area contributed by atoms with Crippen molar-refractivity contribution in [2.45, 2.75) is 6.42 Å². The lowest BCUT2D eigenvalue weighted by Gasteiger charge is -2.10. The van der Waals surface area contributed by atoms with Crippen LogP contribution in [-0.4, -0.2) is 22.1 Å². The van der Waals surface area contributed by atoms with Gasteiger partial charge in [-0.1, -0.05) is 0 Å². The lowest BCUT2D eigenvalue weighted by molar-refractivity contribution is 0.412. The Kier molecular flexibility index (Phi) is 4.83.